The molecule has 0 spiro atoms. The largest absolute Gasteiger partial charge is 0.497 e. The van der Waals surface area contributed by atoms with Gasteiger partial charge in [0.25, 0.3) is 0 Å². The van der Waals surface area contributed by atoms with Crippen molar-refractivity contribution in [3.8, 4) is 11.5 Å². The molecule has 0 radical (unpaired) electrons. The predicted octanol–water partition coefficient (Wildman–Crippen LogP) is 3.16. The minimum atomic E-state index is -1.11. The van der Waals surface area contributed by atoms with Gasteiger partial charge in [-0.25, -0.2) is 0 Å². The third-order valence-electron chi connectivity index (χ3n) is 3.69. The fourth-order valence-electron chi connectivity index (χ4n) is 2.56. The number of hydrogen-bond donors (Lipinski definition) is 0. The van der Waals surface area contributed by atoms with Crippen molar-refractivity contribution in [1.29, 1.82) is 0 Å². The average Bonchev–Trinajstić information content (AvgIpc) is 2.54. The van der Waals surface area contributed by atoms with Crippen LogP contribution < -0.4 is 9.47 Å². The van der Waals surface area contributed by atoms with E-state index in [1.807, 2.05) is 36.4 Å². The van der Waals surface area contributed by atoms with Crippen molar-refractivity contribution in [2.45, 2.75) is 12.2 Å². The van der Waals surface area contributed by atoms with E-state index in [0.717, 1.165) is 5.56 Å². The zero-order chi connectivity index (χ0) is 14.9. The lowest BCUT2D eigenvalue weighted by Gasteiger charge is -2.36. The third-order valence-corrected chi connectivity index (χ3v) is 3.69. The van der Waals surface area contributed by atoms with Crippen molar-refractivity contribution in [3.63, 3.8) is 0 Å². The van der Waals surface area contributed by atoms with Gasteiger partial charge >= 0.3 is 0 Å². The third kappa shape index (κ3) is 2.28. The molecule has 21 heavy (non-hydrogen) atoms. The molecule has 1 unspecified atom stereocenters. The van der Waals surface area contributed by atoms with Gasteiger partial charge in [-0.05, 0) is 24.3 Å². The normalized spacial score (nSPS) is 20.6. The summed E-state index contributed by atoms with van der Waals surface area (Å²) in [4.78, 5) is 12.4. The van der Waals surface area contributed by atoms with Crippen molar-refractivity contribution < 1.29 is 19.0 Å². The molecule has 0 saturated heterocycles. The molecule has 0 fully saturated rings. The summed E-state index contributed by atoms with van der Waals surface area (Å²) in [6, 6.07) is 14.6. The number of benzene rings is 2. The molecule has 1 aliphatic heterocycles. The molecule has 2 aromatic rings. The lowest BCUT2D eigenvalue weighted by atomic mass is 9.93. The minimum absolute atomic E-state index is 0.00141. The number of rotatable bonds is 3. The number of Topliss-reactive ketones (excluding diaryl/α,β-unsaturated/α-hetero) is 1. The highest BCUT2D eigenvalue weighted by molar-refractivity contribution is 6.00. The van der Waals surface area contributed by atoms with Crippen molar-refractivity contribution in [1.82, 2.24) is 0 Å². The summed E-state index contributed by atoms with van der Waals surface area (Å²) in [6.45, 7) is 0. The number of ether oxygens (including phenoxy) is 3. The Kier molecular flexibility index (Phi) is 3.39. The van der Waals surface area contributed by atoms with Crippen molar-refractivity contribution in [2.24, 2.45) is 0 Å². The van der Waals surface area contributed by atoms with Crippen LogP contribution in [-0.4, -0.2) is 20.0 Å². The highest BCUT2D eigenvalue weighted by Gasteiger charge is 2.42. The summed E-state index contributed by atoms with van der Waals surface area (Å²) < 4.78 is 16.9. The maximum Gasteiger partial charge on any atom is 0.244 e. The van der Waals surface area contributed by atoms with Crippen LogP contribution in [0.5, 0.6) is 11.5 Å². The topological polar surface area (TPSA) is 44.8 Å². The molecule has 4 nitrogen and oxygen atoms in total. The molecule has 108 valence electrons. The summed E-state index contributed by atoms with van der Waals surface area (Å²) in [6.07, 6.45) is 0.133. The molecular formula is C17H16O4. The first kappa shape index (κ1) is 13.6. The van der Waals surface area contributed by atoms with Crippen LogP contribution in [0.2, 0.25) is 0 Å². The van der Waals surface area contributed by atoms with Gasteiger partial charge in [-0.2, -0.15) is 0 Å². The second-order valence-electron chi connectivity index (χ2n) is 4.89. The first-order valence-electron chi connectivity index (χ1n) is 6.69. The molecular weight excluding hydrogens is 268 g/mol. The van der Waals surface area contributed by atoms with Crippen LogP contribution in [0.4, 0.5) is 0 Å². The van der Waals surface area contributed by atoms with Gasteiger partial charge in [0.15, 0.2) is 5.78 Å². The van der Waals surface area contributed by atoms with Gasteiger partial charge in [0.05, 0.1) is 19.1 Å². The maximum atomic E-state index is 12.4. The van der Waals surface area contributed by atoms with Gasteiger partial charge < -0.3 is 14.2 Å². The number of fused-ring (bicyclic) bond motifs is 1. The molecule has 0 amide bonds. The van der Waals surface area contributed by atoms with E-state index in [-0.39, 0.29) is 12.2 Å². The molecule has 1 aliphatic rings. The van der Waals surface area contributed by atoms with Crippen LogP contribution in [0, 0.1) is 0 Å². The Bertz CT molecular complexity index is 680. The number of ketones is 1. The number of carbonyl (C=O) groups excluding carboxylic acids is 1. The Morgan fingerprint density at radius 3 is 2.67 bits per heavy atom. The van der Waals surface area contributed by atoms with E-state index >= 15 is 0 Å². The SMILES string of the molecule is COc1cccc(C2(OC)CC(=O)c3ccccc3O2)c1. The van der Waals surface area contributed by atoms with E-state index in [4.69, 9.17) is 14.2 Å². The molecule has 1 heterocycles. The quantitative estimate of drug-likeness (QED) is 0.868. The molecule has 4 heteroatoms. The van der Waals surface area contributed by atoms with E-state index in [2.05, 4.69) is 0 Å². The van der Waals surface area contributed by atoms with Crippen LogP contribution in [0.15, 0.2) is 48.5 Å². The first-order valence-corrected chi connectivity index (χ1v) is 6.69. The van der Waals surface area contributed by atoms with Crippen molar-refractivity contribution in [2.75, 3.05) is 14.2 Å². The van der Waals surface area contributed by atoms with Gasteiger partial charge in [0.1, 0.15) is 11.5 Å². The summed E-state index contributed by atoms with van der Waals surface area (Å²) in [5.41, 5.74) is 1.35. The van der Waals surface area contributed by atoms with Gasteiger partial charge in [-0.3, -0.25) is 4.79 Å². The Morgan fingerprint density at radius 2 is 1.90 bits per heavy atom. The zero-order valence-corrected chi connectivity index (χ0v) is 12.0. The second-order valence-corrected chi connectivity index (χ2v) is 4.89. The number of para-hydroxylation sites is 1. The fraction of sp³-hybridized carbons (Fsp3) is 0.235. The smallest absolute Gasteiger partial charge is 0.244 e. The van der Waals surface area contributed by atoms with Gasteiger partial charge in [-0.1, -0.05) is 24.3 Å². The lowest BCUT2D eigenvalue weighted by molar-refractivity contribution is -0.173. The molecule has 3 rings (SSSR count). The lowest BCUT2D eigenvalue weighted by Crippen LogP contribution is -2.41. The van der Waals surface area contributed by atoms with Crippen LogP contribution in [0.25, 0.3) is 0 Å². The first-order chi connectivity index (χ1) is 10.2. The summed E-state index contributed by atoms with van der Waals surface area (Å²) in [5, 5.41) is 0. The summed E-state index contributed by atoms with van der Waals surface area (Å²) in [5.74, 6) is 0.124. The van der Waals surface area contributed by atoms with E-state index in [1.54, 1.807) is 26.4 Å². The fourth-order valence-corrected chi connectivity index (χ4v) is 2.56. The molecule has 0 aliphatic carbocycles. The van der Waals surface area contributed by atoms with Crippen LogP contribution in [-0.2, 0) is 10.5 Å². The standard InChI is InChI=1S/C17H16O4/c1-19-13-7-5-6-12(10-13)17(20-2)11-15(18)14-8-3-4-9-16(14)21-17/h3-10H,11H2,1-2H3. The summed E-state index contributed by atoms with van der Waals surface area (Å²) in [7, 11) is 3.14. The van der Waals surface area contributed by atoms with Crippen LogP contribution >= 0.6 is 0 Å². The average molecular weight is 284 g/mol. The minimum Gasteiger partial charge on any atom is -0.497 e. The molecule has 0 saturated carbocycles. The second kappa shape index (κ2) is 5.22. The highest BCUT2D eigenvalue weighted by atomic mass is 16.7. The zero-order valence-electron chi connectivity index (χ0n) is 12.0. The van der Waals surface area contributed by atoms with Crippen molar-refractivity contribution >= 4 is 5.78 Å². The number of carbonyl (C=O) groups is 1. The van der Waals surface area contributed by atoms with E-state index in [0.29, 0.717) is 17.1 Å². The Hall–Kier alpha value is -2.33. The van der Waals surface area contributed by atoms with Crippen LogP contribution in [0.3, 0.4) is 0 Å². The Balaban J connectivity index is 2.08. The Labute approximate surface area is 123 Å². The summed E-state index contributed by atoms with van der Waals surface area (Å²) >= 11 is 0. The molecule has 2 aromatic carbocycles. The monoisotopic (exact) mass is 284 g/mol. The molecule has 0 N–H and O–H groups in total. The van der Waals surface area contributed by atoms with E-state index in [1.165, 1.54) is 0 Å². The molecule has 1 atom stereocenters. The van der Waals surface area contributed by atoms with Gasteiger partial charge in [-0.15, -0.1) is 0 Å². The Morgan fingerprint density at radius 1 is 1.10 bits per heavy atom. The van der Waals surface area contributed by atoms with Crippen molar-refractivity contribution in [3.05, 3.63) is 59.7 Å². The number of hydrogen-bond acceptors (Lipinski definition) is 4. The molecule has 0 aromatic heterocycles. The number of methoxy groups -OCH3 is 2. The van der Waals surface area contributed by atoms with Crippen LogP contribution in [0.1, 0.15) is 22.3 Å². The highest BCUT2D eigenvalue weighted by Crippen LogP contribution is 2.40. The van der Waals surface area contributed by atoms with Gasteiger partial charge in [0.2, 0.25) is 5.79 Å². The maximum absolute atomic E-state index is 12.4. The van der Waals surface area contributed by atoms with Gasteiger partial charge in [0, 0.05) is 12.7 Å². The molecule has 0 bridgehead atoms. The van der Waals surface area contributed by atoms with E-state index < -0.39 is 5.79 Å². The van der Waals surface area contributed by atoms with E-state index in [9.17, 15) is 4.79 Å². The predicted molar refractivity (Wildman–Crippen MR) is 77.7 cm³/mol.